The van der Waals surface area contributed by atoms with E-state index in [1.165, 1.54) is 11.8 Å². The number of aromatic hydroxyl groups is 1. The first-order chi connectivity index (χ1) is 16.8. The van der Waals surface area contributed by atoms with E-state index in [0.29, 0.717) is 12.0 Å². The molecule has 6 N–H and O–H groups in total. The second-order valence-corrected chi connectivity index (χ2v) is 10.1. The van der Waals surface area contributed by atoms with Gasteiger partial charge in [-0.25, -0.2) is 0 Å². The molecule has 0 bridgehead atoms. The topological polar surface area (TPSA) is 178 Å². The molecule has 3 aliphatic carbocycles. The lowest BCUT2D eigenvalue weighted by atomic mass is 9.58. The Kier molecular flexibility index (Phi) is 6.09. The first-order valence-corrected chi connectivity index (χ1v) is 11.8. The van der Waals surface area contributed by atoms with Crippen molar-refractivity contribution in [3.63, 3.8) is 0 Å². The summed E-state index contributed by atoms with van der Waals surface area (Å²) in [6.07, 6.45) is 1.49. The molecule has 10 heteroatoms. The maximum atomic E-state index is 13.8. The van der Waals surface area contributed by atoms with E-state index in [1.54, 1.807) is 20.2 Å². The van der Waals surface area contributed by atoms with Crippen molar-refractivity contribution in [2.24, 2.45) is 17.6 Å². The molecule has 0 radical (unpaired) electrons. The number of carbonyl (C=O) groups excluding carboxylic acids is 4. The Bertz CT molecular complexity index is 1290. The summed E-state index contributed by atoms with van der Waals surface area (Å²) in [5.74, 6) is -7.56. The molecule has 4 rings (SSSR count). The van der Waals surface area contributed by atoms with Gasteiger partial charge in [-0.15, -0.1) is 0 Å². The van der Waals surface area contributed by atoms with E-state index < -0.39 is 69.6 Å². The molecule has 0 aliphatic heterocycles. The number of Topliss-reactive ketones (excluding diaryl/α,β-unsaturated/α-hetero) is 3. The summed E-state index contributed by atoms with van der Waals surface area (Å²) in [5, 5.41) is 44.6. The highest BCUT2D eigenvalue weighted by Crippen LogP contribution is 2.52. The molecule has 1 amide bonds. The fourth-order valence-corrected chi connectivity index (χ4v) is 6.16. The lowest BCUT2D eigenvalue weighted by Crippen LogP contribution is -2.63. The number of phenolic OH excluding ortho intramolecular Hbond substituents is 1. The van der Waals surface area contributed by atoms with Gasteiger partial charge in [0.15, 0.2) is 17.2 Å². The number of aryl methyl sites for hydroxylation is 1. The maximum absolute atomic E-state index is 13.8. The van der Waals surface area contributed by atoms with Crippen molar-refractivity contribution in [1.82, 2.24) is 4.90 Å². The van der Waals surface area contributed by atoms with Gasteiger partial charge in [0, 0.05) is 11.5 Å². The zero-order valence-corrected chi connectivity index (χ0v) is 20.6. The summed E-state index contributed by atoms with van der Waals surface area (Å²) in [6, 6.07) is 0.542. The van der Waals surface area contributed by atoms with Crippen LogP contribution < -0.4 is 5.73 Å². The van der Waals surface area contributed by atoms with Crippen molar-refractivity contribution in [3.05, 3.63) is 51.0 Å². The number of primary amides is 1. The zero-order chi connectivity index (χ0) is 26.9. The first-order valence-electron chi connectivity index (χ1n) is 11.8. The molecular formula is C26H30N2O8. The third-order valence-corrected chi connectivity index (χ3v) is 7.71. The Hall–Kier alpha value is -3.50. The molecule has 1 aromatic rings. The average Bonchev–Trinajstić information content (AvgIpc) is 2.77. The van der Waals surface area contributed by atoms with Crippen LogP contribution in [-0.2, 0) is 22.4 Å². The smallest absolute Gasteiger partial charge is 0.255 e. The van der Waals surface area contributed by atoms with E-state index in [2.05, 4.69) is 0 Å². The lowest BCUT2D eigenvalue weighted by molar-refractivity contribution is -0.148. The van der Waals surface area contributed by atoms with Gasteiger partial charge in [-0.05, 0) is 63.4 Å². The van der Waals surface area contributed by atoms with Crippen molar-refractivity contribution in [2.75, 3.05) is 14.1 Å². The minimum Gasteiger partial charge on any atom is -0.510 e. The van der Waals surface area contributed by atoms with Crippen molar-refractivity contribution in [3.8, 4) is 5.75 Å². The quantitative estimate of drug-likeness (QED) is 0.295. The molecular weight excluding hydrogens is 468 g/mol. The lowest BCUT2D eigenvalue weighted by Gasteiger charge is -2.50. The Morgan fingerprint density at radius 2 is 1.83 bits per heavy atom. The van der Waals surface area contributed by atoms with Gasteiger partial charge in [0.1, 0.15) is 22.8 Å². The molecule has 36 heavy (non-hydrogen) atoms. The Balaban J connectivity index is 1.99. The maximum Gasteiger partial charge on any atom is 0.255 e. The second kappa shape index (κ2) is 8.56. The summed E-state index contributed by atoms with van der Waals surface area (Å²) in [5.41, 5.74) is 2.67. The number of rotatable bonds is 5. The molecule has 0 aromatic heterocycles. The van der Waals surface area contributed by atoms with Crippen LogP contribution >= 0.6 is 0 Å². The molecule has 10 nitrogen and oxygen atoms in total. The zero-order valence-electron chi connectivity index (χ0n) is 20.6. The normalized spacial score (nSPS) is 27.7. The van der Waals surface area contributed by atoms with Crippen molar-refractivity contribution >= 4 is 23.3 Å². The van der Waals surface area contributed by atoms with Crippen LogP contribution in [0.4, 0.5) is 0 Å². The van der Waals surface area contributed by atoms with Crippen LogP contribution in [0.15, 0.2) is 28.7 Å². The van der Waals surface area contributed by atoms with Gasteiger partial charge in [0.25, 0.3) is 5.91 Å². The van der Waals surface area contributed by atoms with E-state index in [0.717, 1.165) is 12.0 Å². The highest BCUT2D eigenvalue weighted by molar-refractivity contribution is 6.25. The fourth-order valence-electron chi connectivity index (χ4n) is 6.16. The Morgan fingerprint density at radius 1 is 1.19 bits per heavy atom. The largest absolute Gasteiger partial charge is 0.510 e. The molecule has 0 fully saturated rings. The number of aliphatic hydroxyl groups excluding tert-OH is 2. The van der Waals surface area contributed by atoms with Crippen LogP contribution in [0.1, 0.15) is 58.5 Å². The van der Waals surface area contributed by atoms with Gasteiger partial charge >= 0.3 is 0 Å². The molecule has 0 saturated heterocycles. The van der Waals surface area contributed by atoms with Crippen molar-refractivity contribution in [2.45, 2.75) is 51.2 Å². The summed E-state index contributed by atoms with van der Waals surface area (Å²) in [6.45, 7) is 3.21. The van der Waals surface area contributed by atoms with Crippen LogP contribution in [0, 0.1) is 11.8 Å². The van der Waals surface area contributed by atoms with Gasteiger partial charge in [0.2, 0.25) is 5.78 Å². The molecule has 4 atom stereocenters. The van der Waals surface area contributed by atoms with E-state index in [4.69, 9.17) is 5.73 Å². The van der Waals surface area contributed by atoms with Crippen molar-refractivity contribution < 1.29 is 39.6 Å². The van der Waals surface area contributed by atoms with Gasteiger partial charge < -0.3 is 26.2 Å². The Morgan fingerprint density at radius 3 is 2.36 bits per heavy atom. The number of benzene rings is 1. The number of hydrogen-bond acceptors (Lipinski definition) is 9. The third kappa shape index (κ3) is 3.31. The number of amides is 1. The summed E-state index contributed by atoms with van der Waals surface area (Å²) in [4.78, 5) is 52.8. The van der Waals surface area contributed by atoms with Crippen LogP contribution in [0.5, 0.6) is 5.75 Å². The first kappa shape index (κ1) is 25.6. The molecule has 3 aliphatic rings. The third-order valence-electron chi connectivity index (χ3n) is 7.71. The fraction of sp³-hybridized carbons (Fsp3) is 0.462. The standard InChI is InChI=1S/C26H30N2O8/c1-5-6-11-7-13(10(2)29)20(30)17-14(11)8-12-9-15-19(28(3)4)22(32)18(25(27)35)24(34)26(15,36)23(33)16(12)21(17)31/h7,12,15,19,30,32-33,36H,5-6,8-9H2,1-4H3,(H2,27,35)/t12-,15-,19-,26-/m0/s1. The second-order valence-electron chi connectivity index (χ2n) is 10.1. The van der Waals surface area contributed by atoms with Crippen LogP contribution in [0.3, 0.4) is 0 Å². The number of hydrogen-bond donors (Lipinski definition) is 5. The minimum absolute atomic E-state index is 0.0204. The number of phenols is 1. The molecule has 192 valence electrons. The highest BCUT2D eigenvalue weighted by atomic mass is 16.3. The predicted octanol–water partition coefficient (Wildman–Crippen LogP) is 1.28. The number of aliphatic hydroxyl groups is 3. The summed E-state index contributed by atoms with van der Waals surface area (Å²) < 4.78 is 0. The summed E-state index contributed by atoms with van der Waals surface area (Å²) in [7, 11) is 3.15. The van der Waals surface area contributed by atoms with Crippen LogP contribution in [0.2, 0.25) is 0 Å². The van der Waals surface area contributed by atoms with Gasteiger partial charge in [-0.1, -0.05) is 13.3 Å². The molecule has 0 saturated carbocycles. The number of ketones is 3. The van der Waals surface area contributed by atoms with Gasteiger partial charge in [-0.3, -0.25) is 24.1 Å². The number of likely N-dealkylation sites (N-methyl/N-ethyl adjacent to an activating group) is 1. The SMILES string of the molecule is CCCc1cc(C(C)=O)c(O)c2c1C[C@H]1C[C@H]3[C@H](N(C)C)C(O)=C(C(N)=O)C(=O)[C@@]3(O)C(O)=C1C2=O. The highest BCUT2D eigenvalue weighted by Gasteiger charge is 2.63. The van der Waals surface area contributed by atoms with E-state index >= 15 is 0 Å². The van der Waals surface area contributed by atoms with Crippen molar-refractivity contribution in [1.29, 1.82) is 0 Å². The number of nitrogens with two attached hydrogens (primary N) is 1. The van der Waals surface area contributed by atoms with E-state index in [-0.39, 0.29) is 29.5 Å². The van der Waals surface area contributed by atoms with Crippen LogP contribution in [0.25, 0.3) is 0 Å². The molecule has 0 heterocycles. The minimum atomic E-state index is -2.69. The van der Waals surface area contributed by atoms with Gasteiger partial charge in [-0.2, -0.15) is 0 Å². The van der Waals surface area contributed by atoms with Crippen LogP contribution in [-0.4, -0.2) is 74.3 Å². The number of fused-ring (bicyclic) bond motifs is 3. The average molecular weight is 499 g/mol. The molecule has 0 unspecified atom stereocenters. The summed E-state index contributed by atoms with van der Waals surface area (Å²) >= 11 is 0. The Labute approximate surface area is 207 Å². The number of carbonyl (C=O) groups is 4. The molecule has 0 spiro atoms. The van der Waals surface area contributed by atoms with E-state index in [1.807, 2.05) is 6.92 Å². The van der Waals surface area contributed by atoms with E-state index in [9.17, 15) is 39.6 Å². The predicted molar refractivity (Wildman–Crippen MR) is 128 cm³/mol. The number of nitrogens with zero attached hydrogens (tertiary/aromatic N) is 1. The number of allylic oxidation sites excluding steroid dienone is 1. The molecule has 1 aromatic carbocycles. The van der Waals surface area contributed by atoms with Gasteiger partial charge in [0.05, 0.1) is 17.2 Å². The monoisotopic (exact) mass is 498 g/mol.